The zero-order valence-electron chi connectivity index (χ0n) is 6.08. The van der Waals surface area contributed by atoms with Gasteiger partial charge in [0.25, 0.3) is 0 Å². The number of hydrogen-bond donors (Lipinski definition) is 1. The van der Waals surface area contributed by atoms with Gasteiger partial charge in [0.1, 0.15) is 6.29 Å². The molecular formula is C7H10O4. The third kappa shape index (κ3) is 2.01. The molecule has 0 aromatic carbocycles. The van der Waals surface area contributed by atoms with Crippen LogP contribution < -0.4 is 0 Å². The van der Waals surface area contributed by atoms with Crippen molar-refractivity contribution in [1.82, 2.24) is 0 Å². The number of rotatable bonds is 4. The monoisotopic (exact) mass is 158 g/mol. The van der Waals surface area contributed by atoms with Gasteiger partial charge < -0.3 is 9.68 Å². The second-order valence-corrected chi connectivity index (χ2v) is 3.01. The zero-order chi connectivity index (χ0) is 8.32. The van der Waals surface area contributed by atoms with Crippen molar-refractivity contribution in [3.63, 3.8) is 0 Å². The molecule has 0 unspecified atom stereocenters. The number of aldehydes is 1. The van der Waals surface area contributed by atoms with Gasteiger partial charge in [0.15, 0.2) is 0 Å². The van der Waals surface area contributed by atoms with Gasteiger partial charge in [-0.3, -0.25) is 0 Å². The first-order valence-electron chi connectivity index (χ1n) is 3.50. The van der Waals surface area contributed by atoms with Crippen LogP contribution in [0.3, 0.4) is 0 Å². The summed E-state index contributed by atoms with van der Waals surface area (Å²) in [5, 5.41) is 7.96. The lowest BCUT2D eigenvalue weighted by atomic mass is 9.99. The Balaban J connectivity index is 2.34. The molecule has 1 saturated carbocycles. The van der Waals surface area contributed by atoms with Gasteiger partial charge in [0.2, 0.25) is 0 Å². The van der Waals surface area contributed by atoms with Crippen LogP contribution in [0.4, 0.5) is 0 Å². The van der Waals surface area contributed by atoms with E-state index < -0.39 is 5.97 Å². The third-order valence-corrected chi connectivity index (χ3v) is 2.09. The Bertz CT molecular complexity index is 171. The predicted molar refractivity (Wildman–Crippen MR) is 35.7 cm³/mol. The summed E-state index contributed by atoms with van der Waals surface area (Å²) in [4.78, 5) is 24.2. The van der Waals surface area contributed by atoms with Crippen LogP contribution in [0.5, 0.6) is 0 Å². The van der Waals surface area contributed by atoms with E-state index in [1.165, 1.54) is 0 Å². The van der Waals surface area contributed by atoms with Gasteiger partial charge in [-0.05, 0) is 18.3 Å². The van der Waals surface area contributed by atoms with E-state index in [0.29, 0.717) is 6.42 Å². The quantitative estimate of drug-likeness (QED) is 0.372. The van der Waals surface area contributed by atoms with Crippen molar-refractivity contribution in [1.29, 1.82) is 0 Å². The minimum Gasteiger partial charge on any atom is -0.303 e. The molecule has 0 aliphatic heterocycles. The lowest BCUT2D eigenvalue weighted by Gasteiger charge is -2.06. The van der Waals surface area contributed by atoms with Gasteiger partial charge in [-0.1, -0.05) is 0 Å². The topological polar surface area (TPSA) is 63.6 Å². The molecule has 1 aliphatic rings. The summed E-state index contributed by atoms with van der Waals surface area (Å²) < 4.78 is 0. The summed E-state index contributed by atoms with van der Waals surface area (Å²) in [6, 6.07) is 0. The Kier molecular flexibility index (Phi) is 2.24. The molecule has 1 N–H and O–H groups in total. The minimum atomic E-state index is -0.649. The molecule has 1 rings (SSSR count). The van der Waals surface area contributed by atoms with Crippen LogP contribution in [0, 0.1) is 5.41 Å². The normalized spacial score (nSPS) is 19.0. The van der Waals surface area contributed by atoms with E-state index in [1.54, 1.807) is 0 Å². The summed E-state index contributed by atoms with van der Waals surface area (Å²) in [5.41, 5.74) is -0.179. The molecule has 0 aromatic heterocycles. The number of carbonyl (C=O) groups is 2. The van der Waals surface area contributed by atoms with Crippen LogP contribution in [-0.2, 0) is 14.5 Å². The van der Waals surface area contributed by atoms with Crippen molar-refractivity contribution in [2.45, 2.75) is 25.7 Å². The van der Waals surface area contributed by atoms with Gasteiger partial charge >= 0.3 is 5.97 Å². The van der Waals surface area contributed by atoms with E-state index in [9.17, 15) is 9.59 Å². The molecule has 1 aliphatic carbocycles. The molecule has 0 atom stereocenters. The van der Waals surface area contributed by atoms with Crippen LogP contribution in [0.15, 0.2) is 0 Å². The Morgan fingerprint density at radius 3 is 2.64 bits per heavy atom. The van der Waals surface area contributed by atoms with E-state index in [-0.39, 0.29) is 11.8 Å². The van der Waals surface area contributed by atoms with Crippen molar-refractivity contribution in [3.05, 3.63) is 0 Å². The fourth-order valence-electron chi connectivity index (χ4n) is 1.15. The fraction of sp³-hybridized carbons (Fsp3) is 0.714. The van der Waals surface area contributed by atoms with Crippen molar-refractivity contribution in [2.24, 2.45) is 5.41 Å². The maximum Gasteiger partial charge on any atom is 0.342 e. The average molecular weight is 158 g/mol. The second kappa shape index (κ2) is 3.00. The number of carbonyl (C=O) groups excluding carboxylic acids is 2. The summed E-state index contributed by atoms with van der Waals surface area (Å²) in [5.74, 6) is -0.649. The molecule has 4 nitrogen and oxygen atoms in total. The van der Waals surface area contributed by atoms with E-state index in [4.69, 9.17) is 5.26 Å². The van der Waals surface area contributed by atoms with Crippen LogP contribution >= 0.6 is 0 Å². The maximum atomic E-state index is 10.6. The zero-order valence-corrected chi connectivity index (χ0v) is 6.08. The van der Waals surface area contributed by atoms with Crippen LogP contribution in [-0.4, -0.2) is 17.5 Å². The Hall–Kier alpha value is -0.900. The SMILES string of the molecule is O=CCC1(CC(=O)OO)CC1. The largest absolute Gasteiger partial charge is 0.342 e. The average Bonchev–Trinajstić information content (AvgIpc) is 2.70. The molecule has 1 fully saturated rings. The van der Waals surface area contributed by atoms with Gasteiger partial charge in [-0.15, -0.1) is 0 Å². The van der Waals surface area contributed by atoms with Crippen molar-refractivity contribution in [3.8, 4) is 0 Å². The molecule has 0 bridgehead atoms. The van der Waals surface area contributed by atoms with Crippen molar-refractivity contribution >= 4 is 12.3 Å². The van der Waals surface area contributed by atoms with Crippen molar-refractivity contribution < 1.29 is 19.7 Å². The predicted octanol–water partition coefficient (Wildman–Crippen LogP) is 0.762. The Labute approximate surface area is 64.1 Å². The van der Waals surface area contributed by atoms with E-state index in [1.807, 2.05) is 0 Å². The highest BCUT2D eigenvalue weighted by Crippen LogP contribution is 2.51. The Morgan fingerprint density at radius 2 is 2.27 bits per heavy atom. The first-order valence-corrected chi connectivity index (χ1v) is 3.50. The fourth-order valence-corrected chi connectivity index (χ4v) is 1.15. The molecule has 62 valence electrons. The molecule has 0 saturated heterocycles. The van der Waals surface area contributed by atoms with Gasteiger partial charge in [0, 0.05) is 6.42 Å². The van der Waals surface area contributed by atoms with E-state index >= 15 is 0 Å². The minimum absolute atomic E-state index is 0.155. The van der Waals surface area contributed by atoms with Crippen LogP contribution in [0.25, 0.3) is 0 Å². The molecular weight excluding hydrogens is 148 g/mol. The molecule has 0 aromatic rings. The lowest BCUT2D eigenvalue weighted by molar-refractivity contribution is -0.235. The van der Waals surface area contributed by atoms with Crippen molar-refractivity contribution in [2.75, 3.05) is 0 Å². The van der Waals surface area contributed by atoms with Crippen LogP contribution in [0.1, 0.15) is 25.7 Å². The second-order valence-electron chi connectivity index (χ2n) is 3.01. The molecule has 0 heterocycles. The molecule has 0 amide bonds. The molecule has 0 radical (unpaired) electrons. The third-order valence-electron chi connectivity index (χ3n) is 2.09. The maximum absolute atomic E-state index is 10.6. The highest BCUT2D eigenvalue weighted by atomic mass is 17.1. The summed E-state index contributed by atoms with van der Waals surface area (Å²) in [6.07, 6.45) is 3.10. The van der Waals surface area contributed by atoms with E-state index in [2.05, 4.69) is 4.89 Å². The first kappa shape index (κ1) is 8.20. The lowest BCUT2D eigenvalue weighted by Crippen LogP contribution is -2.11. The molecule has 11 heavy (non-hydrogen) atoms. The smallest absolute Gasteiger partial charge is 0.303 e. The highest BCUT2D eigenvalue weighted by molar-refractivity contribution is 5.71. The van der Waals surface area contributed by atoms with Gasteiger partial charge in [-0.2, -0.15) is 5.26 Å². The van der Waals surface area contributed by atoms with E-state index in [0.717, 1.165) is 19.1 Å². The molecule has 4 heteroatoms. The summed E-state index contributed by atoms with van der Waals surface area (Å²) in [7, 11) is 0. The van der Waals surface area contributed by atoms with Crippen LogP contribution in [0.2, 0.25) is 0 Å². The Morgan fingerprint density at radius 1 is 1.64 bits per heavy atom. The summed E-state index contributed by atoms with van der Waals surface area (Å²) in [6.45, 7) is 0. The number of hydrogen-bond acceptors (Lipinski definition) is 4. The van der Waals surface area contributed by atoms with Gasteiger partial charge in [-0.25, -0.2) is 4.79 Å². The molecule has 0 spiro atoms. The van der Waals surface area contributed by atoms with Gasteiger partial charge in [0.05, 0.1) is 6.42 Å². The first-order chi connectivity index (χ1) is 5.22. The summed E-state index contributed by atoms with van der Waals surface area (Å²) >= 11 is 0. The highest BCUT2D eigenvalue weighted by Gasteiger charge is 2.44. The standard InChI is InChI=1S/C7H10O4/c8-4-3-7(1-2-7)5-6(9)11-10/h4,10H,1-3,5H2.